The van der Waals surface area contributed by atoms with Crippen molar-refractivity contribution in [3.63, 3.8) is 0 Å². The Morgan fingerprint density at radius 1 is 1.15 bits per heavy atom. The molecular formula is C22H25ClN2O2. The van der Waals surface area contributed by atoms with Crippen LogP contribution in [0.2, 0.25) is 0 Å². The smallest absolute Gasteiger partial charge is 0.255 e. The van der Waals surface area contributed by atoms with Gasteiger partial charge in [-0.1, -0.05) is 43.7 Å². The number of alkyl halides is 1. The van der Waals surface area contributed by atoms with Gasteiger partial charge in [0.25, 0.3) is 5.91 Å². The summed E-state index contributed by atoms with van der Waals surface area (Å²) in [6.07, 6.45) is 2.69. The number of halogens is 1. The Hall–Kier alpha value is -2.51. The molecule has 0 saturated carbocycles. The highest BCUT2D eigenvalue weighted by molar-refractivity contribution is 6.17. The van der Waals surface area contributed by atoms with E-state index in [1.807, 2.05) is 30.3 Å². The van der Waals surface area contributed by atoms with Gasteiger partial charge in [-0.3, -0.25) is 4.79 Å². The normalized spacial score (nSPS) is 11.4. The molecule has 0 spiro atoms. The van der Waals surface area contributed by atoms with Crippen LogP contribution in [0.4, 0.5) is 0 Å². The third-order valence-corrected chi connectivity index (χ3v) is 4.48. The number of rotatable bonds is 10. The second-order valence-corrected chi connectivity index (χ2v) is 6.59. The Bertz CT molecular complexity index is 741. The summed E-state index contributed by atoms with van der Waals surface area (Å²) in [6, 6.07) is 18.0. The third kappa shape index (κ3) is 6.01. The van der Waals surface area contributed by atoms with E-state index < -0.39 is 6.04 Å². The molecule has 0 aliphatic carbocycles. The van der Waals surface area contributed by atoms with Gasteiger partial charge in [0, 0.05) is 18.0 Å². The summed E-state index contributed by atoms with van der Waals surface area (Å²) in [6.45, 7) is 3.19. The molecule has 0 fully saturated rings. The molecule has 0 bridgehead atoms. The molecule has 142 valence electrons. The molecule has 4 nitrogen and oxygen atoms in total. The van der Waals surface area contributed by atoms with E-state index in [0.717, 1.165) is 24.2 Å². The fraction of sp³-hybridized carbons (Fsp3) is 0.364. The molecule has 0 aliphatic rings. The van der Waals surface area contributed by atoms with Crippen LogP contribution in [-0.2, 0) is 0 Å². The maximum absolute atomic E-state index is 13.1. The predicted molar refractivity (Wildman–Crippen MR) is 108 cm³/mol. The molecule has 0 saturated heterocycles. The van der Waals surface area contributed by atoms with Crippen LogP contribution in [0.1, 0.15) is 48.1 Å². The van der Waals surface area contributed by atoms with Crippen molar-refractivity contribution in [1.29, 1.82) is 5.26 Å². The quantitative estimate of drug-likeness (QED) is 0.417. The highest BCUT2D eigenvalue weighted by Crippen LogP contribution is 2.23. The third-order valence-electron chi connectivity index (χ3n) is 4.21. The van der Waals surface area contributed by atoms with E-state index in [-0.39, 0.29) is 5.91 Å². The van der Waals surface area contributed by atoms with Crippen molar-refractivity contribution in [3.8, 4) is 11.8 Å². The number of amides is 1. The van der Waals surface area contributed by atoms with Crippen molar-refractivity contribution < 1.29 is 9.53 Å². The number of hydrogen-bond acceptors (Lipinski definition) is 3. The minimum atomic E-state index is -0.651. The summed E-state index contributed by atoms with van der Waals surface area (Å²) >= 11 is 5.83. The molecule has 2 aromatic rings. The largest absolute Gasteiger partial charge is 0.494 e. The lowest BCUT2D eigenvalue weighted by Crippen LogP contribution is -2.35. The number of hydrogen-bond donors (Lipinski definition) is 0. The van der Waals surface area contributed by atoms with Gasteiger partial charge in [0.1, 0.15) is 11.8 Å². The van der Waals surface area contributed by atoms with E-state index in [9.17, 15) is 10.1 Å². The van der Waals surface area contributed by atoms with E-state index in [4.69, 9.17) is 16.3 Å². The average Bonchev–Trinajstić information content (AvgIpc) is 2.72. The van der Waals surface area contributed by atoms with Crippen LogP contribution in [0.3, 0.4) is 0 Å². The lowest BCUT2D eigenvalue weighted by atomic mass is 10.0. The summed E-state index contributed by atoms with van der Waals surface area (Å²) < 4.78 is 5.65. The van der Waals surface area contributed by atoms with Crippen molar-refractivity contribution in [2.24, 2.45) is 0 Å². The number of nitrogens with zero attached hydrogens (tertiary/aromatic N) is 2. The van der Waals surface area contributed by atoms with Crippen molar-refractivity contribution in [2.45, 2.75) is 32.2 Å². The average molecular weight is 385 g/mol. The van der Waals surface area contributed by atoms with E-state index in [1.165, 1.54) is 0 Å². The lowest BCUT2D eigenvalue weighted by molar-refractivity contribution is 0.0717. The van der Waals surface area contributed by atoms with Gasteiger partial charge >= 0.3 is 0 Å². The topological polar surface area (TPSA) is 53.3 Å². The van der Waals surface area contributed by atoms with Gasteiger partial charge in [0.05, 0.1) is 12.7 Å². The van der Waals surface area contributed by atoms with Gasteiger partial charge < -0.3 is 9.64 Å². The SMILES string of the molecule is CCCCOc1ccc(C(=O)N(CCCCl)[C@H](C#N)c2ccccc2)cc1. The summed E-state index contributed by atoms with van der Waals surface area (Å²) in [7, 11) is 0. The second-order valence-electron chi connectivity index (χ2n) is 6.21. The molecule has 0 aliphatic heterocycles. The maximum Gasteiger partial charge on any atom is 0.255 e. The highest BCUT2D eigenvalue weighted by atomic mass is 35.5. The molecule has 0 aromatic heterocycles. The van der Waals surface area contributed by atoms with Gasteiger partial charge in [-0.25, -0.2) is 0 Å². The van der Waals surface area contributed by atoms with E-state index in [1.54, 1.807) is 29.2 Å². The Morgan fingerprint density at radius 3 is 2.44 bits per heavy atom. The maximum atomic E-state index is 13.1. The molecule has 1 atom stereocenters. The number of unbranched alkanes of at least 4 members (excludes halogenated alkanes) is 1. The summed E-state index contributed by atoms with van der Waals surface area (Å²) in [5, 5.41) is 9.71. The molecular weight excluding hydrogens is 360 g/mol. The molecule has 0 radical (unpaired) electrons. The fourth-order valence-electron chi connectivity index (χ4n) is 2.73. The molecule has 2 rings (SSSR count). The van der Waals surface area contributed by atoms with Crippen molar-refractivity contribution in [2.75, 3.05) is 19.0 Å². The predicted octanol–water partition coefficient (Wildman–Crippen LogP) is 5.20. The van der Waals surface area contributed by atoms with Gasteiger partial charge in [0.2, 0.25) is 0 Å². The second kappa shape index (κ2) is 11.3. The first-order chi connectivity index (χ1) is 13.2. The summed E-state index contributed by atoms with van der Waals surface area (Å²) in [5.74, 6) is 0.990. The van der Waals surface area contributed by atoms with Crippen LogP contribution in [0.25, 0.3) is 0 Å². The van der Waals surface area contributed by atoms with Crippen LogP contribution in [-0.4, -0.2) is 29.8 Å². The Kier molecular flexibility index (Phi) is 8.67. The Balaban J connectivity index is 2.20. The Morgan fingerprint density at radius 2 is 1.85 bits per heavy atom. The van der Waals surface area contributed by atoms with Crippen LogP contribution in [0.5, 0.6) is 5.75 Å². The van der Waals surface area contributed by atoms with Crippen LogP contribution in [0.15, 0.2) is 54.6 Å². The zero-order valence-electron chi connectivity index (χ0n) is 15.6. The number of nitriles is 1. The van der Waals surface area contributed by atoms with Gasteiger partial charge in [0.15, 0.2) is 0 Å². The zero-order valence-corrected chi connectivity index (χ0v) is 16.4. The number of carbonyl (C=O) groups is 1. The molecule has 2 aromatic carbocycles. The molecule has 1 amide bonds. The highest BCUT2D eigenvalue weighted by Gasteiger charge is 2.25. The number of benzene rings is 2. The number of ether oxygens (including phenoxy) is 1. The molecule has 0 unspecified atom stereocenters. The van der Waals surface area contributed by atoms with Gasteiger partial charge in [-0.15, -0.1) is 11.6 Å². The summed E-state index contributed by atoms with van der Waals surface area (Å²) in [4.78, 5) is 14.7. The molecule has 0 heterocycles. The van der Waals surface area contributed by atoms with Crippen LogP contribution >= 0.6 is 11.6 Å². The Labute approximate surface area is 166 Å². The monoisotopic (exact) mass is 384 g/mol. The molecule has 27 heavy (non-hydrogen) atoms. The molecule has 0 N–H and O–H groups in total. The van der Waals surface area contributed by atoms with Crippen molar-refractivity contribution in [1.82, 2.24) is 4.90 Å². The first kappa shape index (κ1) is 20.8. The van der Waals surface area contributed by atoms with Gasteiger partial charge in [-0.05, 0) is 42.7 Å². The van der Waals surface area contributed by atoms with E-state index in [0.29, 0.717) is 31.0 Å². The minimum Gasteiger partial charge on any atom is -0.494 e. The lowest BCUT2D eigenvalue weighted by Gasteiger charge is -2.27. The van der Waals surface area contributed by atoms with Crippen molar-refractivity contribution in [3.05, 3.63) is 65.7 Å². The first-order valence-corrected chi connectivity index (χ1v) is 9.79. The standard InChI is InChI=1S/C22H25ClN2O2/c1-2-3-16-27-20-12-10-19(11-13-20)22(26)25(15-7-14-23)21(17-24)18-8-5-4-6-9-18/h4-6,8-13,21H,2-3,7,14-16H2,1H3/t21-/m1/s1. The van der Waals surface area contributed by atoms with E-state index >= 15 is 0 Å². The summed E-state index contributed by atoms with van der Waals surface area (Å²) in [5.41, 5.74) is 1.33. The number of carbonyl (C=O) groups excluding carboxylic acids is 1. The fourth-order valence-corrected chi connectivity index (χ4v) is 2.85. The molecule has 5 heteroatoms. The minimum absolute atomic E-state index is 0.185. The van der Waals surface area contributed by atoms with Gasteiger partial charge in [-0.2, -0.15) is 5.26 Å². The van der Waals surface area contributed by atoms with E-state index in [2.05, 4.69) is 13.0 Å². The van der Waals surface area contributed by atoms with Crippen molar-refractivity contribution >= 4 is 17.5 Å². The van der Waals surface area contributed by atoms with Crippen LogP contribution < -0.4 is 4.74 Å². The van der Waals surface area contributed by atoms with Crippen LogP contribution in [0, 0.1) is 11.3 Å². The first-order valence-electron chi connectivity index (χ1n) is 9.25. The zero-order chi connectivity index (χ0) is 19.5.